The Kier molecular flexibility index (Phi) is 6.08. The molecule has 0 unspecified atom stereocenters. The molecular weight excluding hydrogens is 391 g/mol. The van der Waals surface area contributed by atoms with Gasteiger partial charge in [0.2, 0.25) is 5.91 Å². The first-order valence-electron chi connectivity index (χ1n) is 8.36. The van der Waals surface area contributed by atoms with Crippen LogP contribution >= 0.6 is 23.2 Å². The van der Waals surface area contributed by atoms with Crippen molar-refractivity contribution in [2.75, 3.05) is 19.8 Å². The molecule has 0 aliphatic carbocycles. The van der Waals surface area contributed by atoms with Gasteiger partial charge in [-0.05, 0) is 42.8 Å². The van der Waals surface area contributed by atoms with Gasteiger partial charge in [-0.3, -0.25) is 9.59 Å². The fourth-order valence-electron chi connectivity index (χ4n) is 2.63. The lowest BCUT2D eigenvalue weighted by Crippen LogP contribution is -2.38. The summed E-state index contributed by atoms with van der Waals surface area (Å²) in [4.78, 5) is 24.3. The quantitative estimate of drug-likeness (QED) is 0.794. The molecule has 2 aromatic carbocycles. The number of carbonyl (C=O) groups is 2. The van der Waals surface area contributed by atoms with Gasteiger partial charge in [-0.25, -0.2) is 0 Å². The van der Waals surface area contributed by atoms with Crippen LogP contribution in [0, 0.1) is 0 Å². The Morgan fingerprint density at radius 1 is 1.07 bits per heavy atom. The van der Waals surface area contributed by atoms with Crippen molar-refractivity contribution in [1.29, 1.82) is 0 Å². The summed E-state index contributed by atoms with van der Waals surface area (Å²) in [6.07, 6.45) is 0. The number of halogens is 2. The van der Waals surface area contributed by atoms with Crippen molar-refractivity contribution in [3.05, 3.63) is 57.6 Å². The minimum atomic E-state index is -0.446. The van der Waals surface area contributed by atoms with Crippen molar-refractivity contribution < 1.29 is 19.1 Å². The Balaban J connectivity index is 1.55. The minimum Gasteiger partial charge on any atom is -0.486 e. The van der Waals surface area contributed by atoms with Crippen molar-refractivity contribution in [1.82, 2.24) is 10.6 Å². The van der Waals surface area contributed by atoms with Crippen molar-refractivity contribution in [3.8, 4) is 11.5 Å². The van der Waals surface area contributed by atoms with Crippen molar-refractivity contribution in [2.24, 2.45) is 0 Å². The number of ether oxygens (including phenoxy) is 2. The molecule has 0 saturated carbocycles. The second kappa shape index (κ2) is 8.50. The molecule has 2 N–H and O–H groups in total. The molecule has 3 rings (SSSR count). The minimum absolute atomic E-state index is 0.174. The predicted molar refractivity (Wildman–Crippen MR) is 103 cm³/mol. The molecule has 2 amide bonds. The highest BCUT2D eigenvalue weighted by atomic mass is 35.5. The topological polar surface area (TPSA) is 76.7 Å². The standard InChI is InChI=1S/C19H18Cl2N2O4/c1-11(12-2-5-16-17(8-12)27-7-6-26-16)23-18(24)10-22-19(25)14-4-3-13(20)9-15(14)21/h2-5,8-9,11H,6-7,10H2,1H3,(H,22,25)(H,23,24)/t11-/m1/s1. The molecule has 8 heteroatoms. The predicted octanol–water partition coefficient (Wildman–Crippen LogP) is 3.37. The molecular formula is C19H18Cl2N2O4. The van der Waals surface area contributed by atoms with Crippen LogP contribution in [-0.4, -0.2) is 31.6 Å². The zero-order valence-electron chi connectivity index (χ0n) is 14.6. The van der Waals surface area contributed by atoms with E-state index in [1.165, 1.54) is 12.1 Å². The Bertz CT molecular complexity index is 873. The Labute approximate surface area is 166 Å². The van der Waals surface area contributed by atoms with Crippen LogP contribution in [0.5, 0.6) is 11.5 Å². The van der Waals surface area contributed by atoms with Crippen LogP contribution in [0.3, 0.4) is 0 Å². The zero-order chi connectivity index (χ0) is 19.4. The molecule has 1 heterocycles. The molecule has 0 bridgehead atoms. The third-order valence-corrected chi connectivity index (χ3v) is 4.58. The largest absolute Gasteiger partial charge is 0.486 e. The van der Waals surface area contributed by atoms with E-state index in [1.807, 2.05) is 25.1 Å². The van der Waals surface area contributed by atoms with Gasteiger partial charge in [0.25, 0.3) is 5.91 Å². The molecule has 1 atom stereocenters. The second-order valence-electron chi connectivity index (χ2n) is 6.00. The van der Waals surface area contributed by atoms with E-state index >= 15 is 0 Å². The Morgan fingerprint density at radius 2 is 1.81 bits per heavy atom. The number of amides is 2. The highest BCUT2D eigenvalue weighted by Crippen LogP contribution is 2.32. The fourth-order valence-corrected chi connectivity index (χ4v) is 3.13. The summed E-state index contributed by atoms with van der Waals surface area (Å²) in [7, 11) is 0. The molecule has 27 heavy (non-hydrogen) atoms. The SMILES string of the molecule is C[C@@H](NC(=O)CNC(=O)c1ccc(Cl)cc1Cl)c1ccc2c(c1)OCCO2. The normalized spacial score (nSPS) is 13.6. The first-order valence-corrected chi connectivity index (χ1v) is 9.12. The van der Waals surface area contributed by atoms with Crippen LogP contribution in [0.4, 0.5) is 0 Å². The molecule has 2 aromatic rings. The maximum absolute atomic E-state index is 12.2. The average Bonchev–Trinajstić information content (AvgIpc) is 2.65. The van der Waals surface area contributed by atoms with E-state index < -0.39 is 5.91 Å². The summed E-state index contributed by atoms with van der Waals surface area (Å²) in [6.45, 7) is 2.69. The van der Waals surface area contributed by atoms with Gasteiger partial charge in [-0.1, -0.05) is 29.3 Å². The van der Waals surface area contributed by atoms with E-state index in [4.69, 9.17) is 32.7 Å². The molecule has 1 aliphatic heterocycles. The van der Waals surface area contributed by atoms with Gasteiger partial charge in [0, 0.05) is 5.02 Å². The van der Waals surface area contributed by atoms with Crippen molar-refractivity contribution in [2.45, 2.75) is 13.0 Å². The lowest BCUT2D eigenvalue weighted by Gasteiger charge is -2.21. The monoisotopic (exact) mass is 408 g/mol. The van der Waals surface area contributed by atoms with Crippen LogP contribution < -0.4 is 20.1 Å². The Hall–Kier alpha value is -2.44. The highest BCUT2D eigenvalue weighted by Gasteiger charge is 2.17. The summed E-state index contributed by atoms with van der Waals surface area (Å²) in [6, 6.07) is 9.81. The molecule has 0 spiro atoms. The molecule has 6 nitrogen and oxygen atoms in total. The average molecular weight is 409 g/mol. The fraction of sp³-hybridized carbons (Fsp3) is 0.263. The van der Waals surface area contributed by atoms with Crippen molar-refractivity contribution in [3.63, 3.8) is 0 Å². The number of hydrogen-bond acceptors (Lipinski definition) is 4. The molecule has 142 valence electrons. The van der Waals surface area contributed by atoms with Crippen LogP contribution in [0.1, 0.15) is 28.9 Å². The van der Waals surface area contributed by atoms with Gasteiger partial charge in [0.1, 0.15) is 13.2 Å². The summed E-state index contributed by atoms with van der Waals surface area (Å²) in [5.74, 6) is 0.579. The van der Waals surface area contributed by atoms with Crippen LogP contribution in [0.2, 0.25) is 10.0 Å². The van der Waals surface area contributed by atoms with E-state index in [0.717, 1.165) is 5.56 Å². The number of rotatable bonds is 5. The van der Waals surface area contributed by atoms with Crippen LogP contribution in [0.25, 0.3) is 0 Å². The second-order valence-corrected chi connectivity index (χ2v) is 6.84. The molecule has 0 aromatic heterocycles. The zero-order valence-corrected chi connectivity index (χ0v) is 16.1. The van der Waals surface area contributed by atoms with E-state index in [-0.39, 0.29) is 29.1 Å². The lowest BCUT2D eigenvalue weighted by molar-refractivity contribution is -0.120. The molecule has 0 radical (unpaired) electrons. The summed E-state index contributed by atoms with van der Waals surface area (Å²) >= 11 is 11.8. The molecule has 0 saturated heterocycles. The number of nitrogens with one attached hydrogen (secondary N) is 2. The van der Waals surface area contributed by atoms with Gasteiger partial charge in [-0.2, -0.15) is 0 Å². The molecule has 0 fully saturated rings. The summed E-state index contributed by atoms with van der Waals surface area (Å²) in [5, 5.41) is 6.03. The van der Waals surface area contributed by atoms with Gasteiger partial charge >= 0.3 is 0 Å². The van der Waals surface area contributed by atoms with Gasteiger partial charge < -0.3 is 20.1 Å². The van der Waals surface area contributed by atoms with E-state index in [9.17, 15) is 9.59 Å². The third-order valence-electron chi connectivity index (χ3n) is 4.03. The lowest BCUT2D eigenvalue weighted by atomic mass is 10.1. The van der Waals surface area contributed by atoms with Crippen LogP contribution in [-0.2, 0) is 4.79 Å². The maximum atomic E-state index is 12.2. The number of carbonyl (C=O) groups excluding carboxylic acids is 2. The number of fused-ring (bicyclic) bond motifs is 1. The van der Waals surface area contributed by atoms with Gasteiger partial charge in [-0.15, -0.1) is 0 Å². The number of benzene rings is 2. The smallest absolute Gasteiger partial charge is 0.253 e. The van der Waals surface area contributed by atoms with E-state index in [0.29, 0.717) is 29.7 Å². The van der Waals surface area contributed by atoms with E-state index in [2.05, 4.69) is 10.6 Å². The summed E-state index contributed by atoms with van der Waals surface area (Å²) < 4.78 is 11.0. The van der Waals surface area contributed by atoms with Gasteiger partial charge in [0.05, 0.1) is 23.2 Å². The third kappa shape index (κ3) is 4.84. The number of hydrogen-bond donors (Lipinski definition) is 2. The van der Waals surface area contributed by atoms with Gasteiger partial charge in [0.15, 0.2) is 11.5 Å². The molecule has 1 aliphatic rings. The Morgan fingerprint density at radius 3 is 2.56 bits per heavy atom. The first-order chi connectivity index (χ1) is 12.9. The van der Waals surface area contributed by atoms with E-state index in [1.54, 1.807) is 6.07 Å². The maximum Gasteiger partial charge on any atom is 0.253 e. The van der Waals surface area contributed by atoms with Crippen molar-refractivity contribution >= 4 is 35.0 Å². The highest BCUT2D eigenvalue weighted by molar-refractivity contribution is 6.36. The first kappa shape index (κ1) is 19.3. The van der Waals surface area contributed by atoms with Crippen LogP contribution in [0.15, 0.2) is 36.4 Å². The summed E-state index contributed by atoms with van der Waals surface area (Å²) in [5.41, 5.74) is 1.13.